The molecular weight excluding hydrogens is 160 g/mol. The molecule has 0 N–H and O–H groups in total. The summed E-state index contributed by atoms with van der Waals surface area (Å²) in [5, 5.41) is 0. The van der Waals surface area contributed by atoms with Crippen LogP contribution in [0.5, 0.6) is 0 Å². The Bertz CT molecular complexity index is 205. The van der Waals surface area contributed by atoms with Crippen LogP contribution in [-0.2, 0) is 4.74 Å². The highest BCUT2D eigenvalue weighted by molar-refractivity contribution is 5.00. The van der Waals surface area contributed by atoms with Gasteiger partial charge in [-0.15, -0.1) is 19.1 Å². The van der Waals surface area contributed by atoms with Crippen molar-refractivity contribution in [3.05, 3.63) is 24.8 Å². The fourth-order valence-corrected chi connectivity index (χ4v) is 0.811. The summed E-state index contributed by atoms with van der Waals surface area (Å²) in [4.78, 5) is 0. The molecule has 0 saturated carbocycles. The summed E-state index contributed by atoms with van der Waals surface area (Å²) in [5.74, 6) is 5.99. The fourth-order valence-electron chi connectivity index (χ4n) is 0.811. The monoisotopic (exact) mass is 178 g/mol. The molecule has 0 aliphatic carbocycles. The number of ether oxygens (including phenoxy) is 1. The molecule has 0 heterocycles. The van der Waals surface area contributed by atoms with Crippen molar-refractivity contribution in [3.63, 3.8) is 0 Å². The first-order valence-electron chi connectivity index (χ1n) is 4.56. The van der Waals surface area contributed by atoms with Gasteiger partial charge in [0.15, 0.2) is 0 Å². The Morgan fingerprint density at radius 3 is 2.85 bits per heavy atom. The van der Waals surface area contributed by atoms with E-state index in [1.807, 2.05) is 6.92 Å². The molecular formula is C12H18O. The SMILES string of the molecule is C=CCOCC#CCCCC(=C)C. The topological polar surface area (TPSA) is 9.23 Å². The molecule has 0 spiro atoms. The van der Waals surface area contributed by atoms with Gasteiger partial charge in [-0.3, -0.25) is 0 Å². The molecule has 13 heavy (non-hydrogen) atoms. The number of allylic oxidation sites excluding steroid dienone is 1. The predicted molar refractivity (Wildman–Crippen MR) is 57.5 cm³/mol. The molecule has 0 aromatic rings. The van der Waals surface area contributed by atoms with E-state index >= 15 is 0 Å². The van der Waals surface area contributed by atoms with E-state index in [1.165, 1.54) is 5.57 Å². The Labute approximate surface area is 81.5 Å². The highest BCUT2D eigenvalue weighted by Gasteiger charge is 1.84. The van der Waals surface area contributed by atoms with Crippen LogP contribution < -0.4 is 0 Å². The standard InChI is InChI=1S/C12H18O/c1-4-10-13-11-8-6-5-7-9-12(2)3/h4H,1-2,5,7,9-11H2,3H3. The molecule has 0 aliphatic heterocycles. The lowest BCUT2D eigenvalue weighted by Gasteiger charge is -1.93. The fraction of sp³-hybridized carbons (Fsp3) is 0.500. The third-order valence-corrected chi connectivity index (χ3v) is 1.44. The quantitative estimate of drug-likeness (QED) is 0.345. The van der Waals surface area contributed by atoms with E-state index in [4.69, 9.17) is 4.74 Å². The molecule has 0 atom stereocenters. The van der Waals surface area contributed by atoms with E-state index in [2.05, 4.69) is 25.0 Å². The van der Waals surface area contributed by atoms with Crippen LogP contribution in [0.15, 0.2) is 24.8 Å². The van der Waals surface area contributed by atoms with Crippen LogP contribution in [0.25, 0.3) is 0 Å². The van der Waals surface area contributed by atoms with Crippen molar-refractivity contribution in [3.8, 4) is 11.8 Å². The Morgan fingerprint density at radius 1 is 1.46 bits per heavy atom. The molecule has 0 aromatic heterocycles. The molecule has 0 aromatic carbocycles. The number of unbranched alkanes of at least 4 members (excludes halogenated alkanes) is 1. The van der Waals surface area contributed by atoms with Crippen LogP contribution in [0.1, 0.15) is 26.2 Å². The molecule has 72 valence electrons. The smallest absolute Gasteiger partial charge is 0.108 e. The second-order valence-electron chi connectivity index (χ2n) is 2.97. The maximum atomic E-state index is 5.10. The lowest BCUT2D eigenvalue weighted by atomic mass is 10.1. The van der Waals surface area contributed by atoms with Crippen LogP contribution in [0, 0.1) is 11.8 Å². The molecule has 0 fully saturated rings. The van der Waals surface area contributed by atoms with Gasteiger partial charge < -0.3 is 4.74 Å². The zero-order valence-corrected chi connectivity index (χ0v) is 8.44. The normalized spacial score (nSPS) is 8.69. The first-order chi connectivity index (χ1) is 6.27. The third-order valence-electron chi connectivity index (χ3n) is 1.44. The van der Waals surface area contributed by atoms with Crippen molar-refractivity contribution in [2.75, 3.05) is 13.2 Å². The highest BCUT2D eigenvalue weighted by Crippen LogP contribution is 2.01. The van der Waals surface area contributed by atoms with Gasteiger partial charge in [0.25, 0.3) is 0 Å². The van der Waals surface area contributed by atoms with E-state index in [1.54, 1.807) is 6.08 Å². The number of hydrogen-bond acceptors (Lipinski definition) is 1. The van der Waals surface area contributed by atoms with Crippen LogP contribution in [-0.4, -0.2) is 13.2 Å². The lowest BCUT2D eigenvalue weighted by Crippen LogP contribution is -1.89. The summed E-state index contributed by atoms with van der Waals surface area (Å²) in [6, 6.07) is 0. The van der Waals surface area contributed by atoms with Gasteiger partial charge in [-0.25, -0.2) is 0 Å². The van der Waals surface area contributed by atoms with E-state index in [-0.39, 0.29) is 0 Å². The number of hydrogen-bond donors (Lipinski definition) is 0. The van der Waals surface area contributed by atoms with Crippen LogP contribution in [0.2, 0.25) is 0 Å². The van der Waals surface area contributed by atoms with E-state index < -0.39 is 0 Å². The van der Waals surface area contributed by atoms with Gasteiger partial charge in [-0.1, -0.05) is 17.6 Å². The molecule has 0 radical (unpaired) electrons. The summed E-state index contributed by atoms with van der Waals surface area (Å²) in [7, 11) is 0. The first kappa shape index (κ1) is 12.0. The van der Waals surface area contributed by atoms with E-state index in [0.717, 1.165) is 19.3 Å². The van der Waals surface area contributed by atoms with Crippen LogP contribution >= 0.6 is 0 Å². The minimum atomic E-state index is 0.513. The van der Waals surface area contributed by atoms with E-state index in [9.17, 15) is 0 Å². The second-order valence-corrected chi connectivity index (χ2v) is 2.97. The average Bonchev–Trinajstić information content (AvgIpc) is 2.09. The van der Waals surface area contributed by atoms with Crippen molar-refractivity contribution < 1.29 is 4.74 Å². The van der Waals surface area contributed by atoms with Crippen LogP contribution in [0.3, 0.4) is 0 Å². The van der Waals surface area contributed by atoms with E-state index in [0.29, 0.717) is 13.2 Å². The first-order valence-corrected chi connectivity index (χ1v) is 4.56. The van der Waals surface area contributed by atoms with Crippen molar-refractivity contribution >= 4 is 0 Å². The van der Waals surface area contributed by atoms with Gasteiger partial charge >= 0.3 is 0 Å². The zero-order chi connectivity index (χ0) is 9.94. The Hall–Kier alpha value is -1.00. The summed E-state index contributed by atoms with van der Waals surface area (Å²) < 4.78 is 5.10. The summed E-state index contributed by atoms with van der Waals surface area (Å²) in [6.07, 6.45) is 4.83. The second kappa shape index (κ2) is 9.09. The van der Waals surface area contributed by atoms with Gasteiger partial charge in [0, 0.05) is 6.42 Å². The Morgan fingerprint density at radius 2 is 2.23 bits per heavy atom. The number of rotatable bonds is 6. The summed E-state index contributed by atoms with van der Waals surface area (Å²) in [6.45, 7) is 10.5. The molecule has 0 amide bonds. The molecule has 0 rings (SSSR count). The molecule has 1 heteroatoms. The van der Waals surface area contributed by atoms with Gasteiger partial charge in [0.05, 0.1) is 6.61 Å². The summed E-state index contributed by atoms with van der Waals surface area (Å²) >= 11 is 0. The molecule has 0 bridgehead atoms. The van der Waals surface area contributed by atoms with Gasteiger partial charge in [-0.2, -0.15) is 0 Å². The third kappa shape index (κ3) is 11.0. The molecule has 1 nitrogen and oxygen atoms in total. The van der Waals surface area contributed by atoms with Gasteiger partial charge in [0.1, 0.15) is 6.61 Å². The Kier molecular flexibility index (Phi) is 8.39. The molecule has 0 aliphatic rings. The average molecular weight is 178 g/mol. The zero-order valence-electron chi connectivity index (χ0n) is 8.44. The molecule has 0 unspecified atom stereocenters. The van der Waals surface area contributed by atoms with Gasteiger partial charge in [0.2, 0.25) is 0 Å². The highest BCUT2D eigenvalue weighted by atomic mass is 16.5. The largest absolute Gasteiger partial charge is 0.365 e. The van der Waals surface area contributed by atoms with Crippen molar-refractivity contribution in [2.24, 2.45) is 0 Å². The summed E-state index contributed by atoms with van der Waals surface area (Å²) in [5.41, 5.74) is 1.23. The predicted octanol–water partition coefficient (Wildman–Crippen LogP) is 2.94. The van der Waals surface area contributed by atoms with Crippen molar-refractivity contribution in [2.45, 2.75) is 26.2 Å². The maximum absolute atomic E-state index is 5.10. The molecule has 0 saturated heterocycles. The van der Waals surface area contributed by atoms with Crippen molar-refractivity contribution in [1.29, 1.82) is 0 Å². The Balaban J connectivity index is 3.19. The maximum Gasteiger partial charge on any atom is 0.108 e. The lowest BCUT2D eigenvalue weighted by molar-refractivity contribution is 0.199. The van der Waals surface area contributed by atoms with Gasteiger partial charge in [-0.05, 0) is 19.8 Å². The van der Waals surface area contributed by atoms with Crippen LogP contribution in [0.4, 0.5) is 0 Å². The minimum Gasteiger partial charge on any atom is -0.365 e. The van der Waals surface area contributed by atoms with Crippen molar-refractivity contribution in [1.82, 2.24) is 0 Å². The minimum absolute atomic E-state index is 0.513.